The first-order chi connectivity index (χ1) is 10.2. The van der Waals surface area contributed by atoms with Gasteiger partial charge in [0.1, 0.15) is 5.75 Å². The third kappa shape index (κ3) is 2.30. The largest absolute Gasteiger partial charge is 0.497 e. The van der Waals surface area contributed by atoms with Crippen LogP contribution in [0, 0.1) is 10.1 Å². The van der Waals surface area contributed by atoms with Gasteiger partial charge in [0.15, 0.2) is 5.41 Å². The van der Waals surface area contributed by atoms with Crippen LogP contribution in [0.5, 0.6) is 5.75 Å². The van der Waals surface area contributed by atoms with E-state index in [-0.39, 0.29) is 11.3 Å². The van der Waals surface area contributed by atoms with Crippen LogP contribution in [0.3, 0.4) is 0 Å². The monoisotopic (exact) mass is 314 g/mol. The van der Waals surface area contributed by atoms with Crippen molar-refractivity contribution in [2.75, 3.05) is 7.11 Å². The van der Waals surface area contributed by atoms with E-state index in [9.17, 15) is 23.3 Å². The predicted octanol–water partition coefficient (Wildman–Crippen LogP) is 2.55. The van der Waals surface area contributed by atoms with E-state index in [1.54, 1.807) is 0 Å². The first-order valence-electron chi connectivity index (χ1n) is 6.23. The molecule has 2 unspecified atom stereocenters. The lowest BCUT2D eigenvalue weighted by Crippen LogP contribution is -2.56. The summed E-state index contributed by atoms with van der Waals surface area (Å²) in [5, 5.41) is 11.3. The Morgan fingerprint density at radius 2 is 2.09 bits per heavy atom. The van der Waals surface area contributed by atoms with Gasteiger partial charge in [0, 0.05) is 4.92 Å². The summed E-state index contributed by atoms with van der Waals surface area (Å²) in [4.78, 5) is 10.3. The summed E-state index contributed by atoms with van der Waals surface area (Å²) in [6.45, 7) is 0. The quantitative estimate of drug-likeness (QED) is 0.687. The van der Waals surface area contributed by atoms with Crippen molar-refractivity contribution in [3.8, 4) is 5.75 Å². The first kappa shape index (κ1) is 15.9. The summed E-state index contributed by atoms with van der Waals surface area (Å²) in [5.41, 5.74) is 1.90. The van der Waals surface area contributed by atoms with Gasteiger partial charge in [-0.25, -0.2) is 0 Å². The molecule has 0 spiro atoms. The van der Waals surface area contributed by atoms with Gasteiger partial charge < -0.3 is 10.5 Å². The number of halogens is 3. The molecule has 2 N–H and O–H groups in total. The maximum absolute atomic E-state index is 13.8. The van der Waals surface area contributed by atoms with Crippen molar-refractivity contribution in [2.45, 2.75) is 17.6 Å². The van der Waals surface area contributed by atoms with E-state index in [4.69, 9.17) is 10.5 Å². The molecule has 0 radical (unpaired) electrons. The highest BCUT2D eigenvalue weighted by Gasteiger charge is 2.66. The van der Waals surface area contributed by atoms with Crippen LogP contribution in [0.4, 0.5) is 13.2 Å². The number of nitro groups is 1. The number of allylic oxidation sites excluding steroid dienone is 2. The van der Waals surface area contributed by atoms with Gasteiger partial charge in [-0.05, 0) is 23.8 Å². The summed E-state index contributed by atoms with van der Waals surface area (Å²) < 4.78 is 46.4. The van der Waals surface area contributed by atoms with E-state index in [1.165, 1.54) is 25.3 Å². The zero-order valence-corrected chi connectivity index (χ0v) is 11.5. The predicted molar refractivity (Wildman–Crippen MR) is 72.9 cm³/mol. The highest BCUT2D eigenvalue weighted by atomic mass is 19.4. The lowest BCUT2D eigenvalue weighted by molar-refractivity contribution is -0.532. The van der Waals surface area contributed by atoms with Gasteiger partial charge in [-0.2, -0.15) is 13.2 Å². The Labute approximate surface area is 124 Å². The van der Waals surface area contributed by atoms with Crippen molar-refractivity contribution in [1.29, 1.82) is 0 Å². The number of ether oxygens (including phenoxy) is 1. The molecule has 2 atom stereocenters. The van der Waals surface area contributed by atoms with E-state index in [0.717, 1.165) is 24.3 Å². The zero-order chi connectivity index (χ0) is 16.5. The Hall–Kier alpha value is -2.51. The van der Waals surface area contributed by atoms with Gasteiger partial charge in [-0.15, -0.1) is 0 Å². The molecule has 1 aliphatic rings. The summed E-state index contributed by atoms with van der Waals surface area (Å²) >= 11 is 0. The van der Waals surface area contributed by atoms with Crippen LogP contribution in [0.15, 0.2) is 48.2 Å². The van der Waals surface area contributed by atoms with Gasteiger partial charge in [-0.3, -0.25) is 10.1 Å². The van der Waals surface area contributed by atoms with Gasteiger partial charge in [0.25, 0.3) is 6.04 Å². The molecule has 0 bridgehead atoms. The maximum Gasteiger partial charge on any atom is 0.408 e. The molecule has 8 heteroatoms. The van der Waals surface area contributed by atoms with Crippen molar-refractivity contribution < 1.29 is 22.8 Å². The van der Waals surface area contributed by atoms with E-state index < -0.39 is 28.3 Å². The Bertz CT molecular complexity index is 655. The fraction of sp³-hybridized carbons (Fsp3) is 0.286. The molecule has 2 rings (SSSR count). The average Bonchev–Trinajstić information content (AvgIpc) is 2.45. The molecule has 22 heavy (non-hydrogen) atoms. The second-order valence-corrected chi connectivity index (χ2v) is 4.81. The minimum atomic E-state index is -4.91. The molecule has 0 saturated carbocycles. The molecule has 1 aromatic carbocycles. The van der Waals surface area contributed by atoms with Crippen molar-refractivity contribution in [2.24, 2.45) is 5.73 Å². The van der Waals surface area contributed by atoms with Gasteiger partial charge in [0.05, 0.1) is 12.8 Å². The molecule has 1 aliphatic carbocycles. The Balaban J connectivity index is 2.75. The Kier molecular flexibility index (Phi) is 3.87. The van der Waals surface area contributed by atoms with Crippen LogP contribution in [-0.4, -0.2) is 24.3 Å². The molecule has 0 fully saturated rings. The number of benzene rings is 1. The summed E-state index contributed by atoms with van der Waals surface area (Å²) in [6.07, 6.45) is -1.95. The molecule has 5 nitrogen and oxygen atoms in total. The number of nitrogens with two attached hydrogens (primary N) is 1. The average molecular weight is 314 g/mol. The SMILES string of the molecule is COc1cccc(C2(C(F)(F)F)C=CC=C(N)C2[N+](=O)[O-])c1. The number of nitrogens with zero attached hydrogens (tertiary/aromatic N) is 1. The van der Waals surface area contributed by atoms with Crippen LogP contribution < -0.4 is 10.5 Å². The van der Waals surface area contributed by atoms with E-state index in [0.29, 0.717) is 0 Å². The molecule has 118 valence electrons. The van der Waals surface area contributed by atoms with Crippen molar-refractivity contribution in [3.05, 3.63) is 63.9 Å². The van der Waals surface area contributed by atoms with E-state index in [2.05, 4.69) is 0 Å². The molecule has 0 aromatic heterocycles. The third-order valence-electron chi connectivity index (χ3n) is 3.62. The van der Waals surface area contributed by atoms with Gasteiger partial charge >= 0.3 is 6.18 Å². The van der Waals surface area contributed by atoms with Crippen LogP contribution in [0.25, 0.3) is 0 Å². The second-order valence-electron chi connectivity index (χ2n) is 4.81. The normalized spacial score (nSPS) is 24.7. The maximum atomic E-state index is 13.8. The highest BCUT2D eigenvalue weighted by Crippen LogP contribution is 2.49. The second kappa shape index (κ2) is 5.36. The van der Waals surface area contributed by atoms with Crippen LogP contribution in [0.2, 0.25) is 0 Å². The van der Waals surface area contributed by atoms with Crippen LogP contribution in [-0.2, 0) is 5.41 Å². The topological polar surface area (TPSA) is 78.4 Å². The minimum Gasteiger partial charge on any atom is -0.497 e. The molecule has 0 saturated heterocycles. The van der Waals surface area contributed by atoms with Crippen LogP contribution in [0.1, 0.15) is 5.56 Å². The summed E-state index contributed by atoms with van der Waals surface area (Å²) in [7, 11) is 1.30. The number of hydrogen-bond acceptors (Lipinski definition) is 4. The Morgan fingerprint density at radius 1 is 1.41 bits per heavy atom. The van der Waals surface area contributed by atoms with Crippen LogP contribution >= 0.6 is 0 Å². The molecular formula is C14H13F3N2O3. The summed E-state index contributed by atoms with van der Waals surface area (Å²) in [5.74, 6) is 0.171. The fourth-order valence-corrected chi connectivity index (χ4v) is 2.59. The number of methoxy groups -OCH3 is 1. The molecule has 0 aliphatic heterocycles. The summed E-state index contributed by atoms with van der Waals surface area (Å²) in [6, 6.07) is 2.98. The van der Waals surface area contributed by atoms with Crippen molar-refractivity contribution >= 4 is 0 Å². The molecule has 0 amide bonds. The van der Waals surface area contributed by atoms with Gasteiger partial charge in [-0.1, -0.05) is 24.3 Å². The van der Waals surface area contributed by atoms with Crippen molar-refractivity contribution in [3.63, 3.8) is 0 Å². The molecule has 1 aromatic rings. The highest BCUT2D eigenvalue weighted by molar-refractivity contribution is 5.45. The molecule has 0 heterocycles. The number of hydrogen-bond donors (Lipinski definition) is 1. The lowest BCUT2D eigenvalue weighted by Gasteiger charge is -2.37. The lowest BCUT2D eigenvalue weighted by atomic mass is 9.70. The third-order valence-corrected chi connectivity index (χ3v) is 3.62. The standard InChI is InChI=1S/C14H13F3N2O3/c1-22-10-5-2-4-9(8-10)13(14(15,16)17)7-3-6-11(18)12(13)19(20)21/h2-8,12H,18H2,1H3. The minimum absolute atomic E-state index is 0.171. The number of rotatable bonds is 3. The smallest absolute Gasteiger partial charge is 0.408 e. The van der Waals surface area contributed by atoms with Crippen molar-refractivity contribution in [1.82, 2.24) is 0 Å². The Morgan fingerprint density at radius 3 is 2.64 bits per heavy atom. The van der Waals surface area contributed by atoms with E-state index in [1.807, 2.05) is 0 Å². The molecular weight excluding hydrogens is 301 g/mol. The zero-order valence-electron chi connectivity index (χ0n) is 11.5. The van der Waals surface area contributed by atoms with Gasteiger partial charge in [0.2, 0.25) is 0 Å². The van der Waals surface area contributed by atoms with E-state index >= 15 is 0 Å². The first-order valence-corrected chi connectivity index (χ1v) is 6.23. The fourth-order valence-electron chi connectivity index (χ4n) is 2.59. The number of alkyl halides is 3.